The summed E-state index contributed by atoms with van der Waals surface area (Å²) in [6, 6.07) is 20.8. The number of sulfonamides is 1. The highest BCUT2D eigenvalue weighted by Crippen LogP contribution is 2.32. The fraction of sp³-hybridized carbons (Fsp3) is 0.240. The smallest absolute Gasteiger partial charge is 0.255 e. The molecule has 4 rings (SSSR count). The van der Waals surface area contributed by atoms with Gasteiger partial charge in [0.15, 0.2) is 5.75 Å². The van der Waals surface area contributed by atoms with Crippen LogP contribution in [0.3, 0.4) is 0 Å². The van der Waals surface area contributed by atoms with Gasteiger partial charge in [-0.05, 0) is 55.3 Å². The van der Waals surface area contributed by atoms with E-state index in [1.54, 1.807) is 24.3 Å². The van der Waals surface area contributed by atoms with E-state index in [1.807, 2.05) is 36.4 Å². The SMILES string of the molecule is COc1ccc(C(=O)Nc2ccccc2Oc2ccccc2)cc1S(=O)(=O)N1CCCCC1. The van der Waals surface area contributed by atoms with E-state index < -0.39 is 15.9 Å². The number of para-hydroxylation sites is 3. The van der Waals surface area contributed by atoms with Gasteiger partial charge in [0.05, 0.1) is 12.8 Å². The summed E-state index contributed by atoms with van der Waals surface area (Å²) in [5, 5.41) is 2.83. The molecule has 0 atom stereocenters. The van der Waals surface area contributed by atoms with Crippen LogP contribution in [0.15, 0.2) is 77.7 Å². The van der Waals surface area contributed by atoms with E-state index in [-0.39, 0.29) is 16.2 Å². The fourth-order valence-corrected chi connectivity index (χ4v) is 5.43. The van der Waals surface area contributed by atoms with Gasteiger partial charge in [0.2, 0.25) is 10.0 Å². The molecule has 0 spiro atoms. The number of methoxy groups -OCH3 is 1. The standard InChI is InChI=1S/C25H26N2O5S/c1-31-23-15-14-19(18-24(23)33(29,30)27-16-8-3-9-17-27)25(28)26-21-12-6-7-13-22(21)32-20-10-4-2-5-11-20/h2,4-7,10-15,18H,3,8-9,16-17H2,1H3,(H,26,28). The van der Waals surface area contributed by atoms with Gasteiger partial charge < -0.3 is 14.8 Å². The molecule has 3 aromatic carbocycles. The molecule has 0 unspecified atom stereocenters. The minimum absolute atomic E-state index is 0.00614. The minimum Gasteiger partial charge on any atom is -0.495 e. The van der Waals surface area contributed by atoms with Crippen LogP contribution < -0.4 is 14.8 Å². The highest BCUT2D eigenvalue weighted by molar-refractivity contribution is 7.89. The molecule has 0 aromatic heterocycles. The first-order valence-electron chi connectivity index (χ1n) is 10.8. The quantitative estimate of drug-likeness (QED) is 0.535. The Labute approximate surface area is 194 Å². The zero-order valence-electron chi connectivity index (χ0n) is 18.4. The van der Waals surface area contributed by atoms with Crippen LogP contribution in [0.2, 0.25) is 0 Å². The van der Waals surface area contributed by atoms with Crippen molar-refractivity contribution in [3.63, 3.8) is 0 Å². The van der Waals surface area contributed by atoms with Crippen molar-refractivity contribution >= 4 is 21.6 Å². The third kappa shape index (κ3) is 5.18. The molecule has 8 heteroatoms. The van der Waals surface area contributed by atoms with Crippen molar-refractivity contribution < 1.29 is 22.7 Å². The summed E-state index contributed by atoms with van der Waals surface area (Å²) in [6.07, 6.45) is 2.65. The van der Waals surface area contributed by atoms with Gasteiger partial charge in [-0.25, -0.2) is 8.42 Å². The molecule has 1 saturated heterocycles. The highest BCUT2D eigenvalue weighted by atomic mass is 32.2. The first kappa shape index (κ1) is 22.8. The van der Waals surface area contributed by atoms with Gasteiger partial charge in [-0.1, -0.05) is 36.8 Å². The van der Waals surface area contributed by atoms with Crippen LogP contribution in [0.1, 0.15) is 29.6 Å². The Kier molecular flexibility index (Phi) is 6.96. The maximum atomic E-state index is 13.3. The molecular weight excluding hydrogens is 440 g/mol. The van der Waals surface area contributed by atoms with Gasteiger partial charge in [-0.2, -0.15) is 4.31 Å². The summed E-state index contributed by atoms with van der Waals surface area (Å²) in [4.78, 5) is 13.1. The van der Waals surface area contributed by atoms with Crippen LogP contribution in [0, 0.1) is 0 Å². The predicted molar refractivity (Wildman–Crippen MR) is 127 cm³/mol. The van der Waals surface area contributed by atoms with Crippen molar-refractivity contribution in [2.45, 2.75) is 24.2 Å². The van der Waals surface area contributed by atoms with E-state index in [1.165, 1.54) is 23.5 Å². The lowest BCUT2D eigenvalue weighted by atomic mass is 10.2. The van der Waals surface area contributed by atoms with Crippen molar-refractivity contribution in [3.8, 4) is 17.2 Å². The third-order valence-electron chi connectivity index (χ3n) is 5.46. The number of hydrogen-bond acceptors (Lipinski definition) is 5. The van der Waals surface area contributed by atoms with E-state index >= 15 is 0 Å². The molecule has 1 amide bonds. The Morgan fingerprint density at radius 1 is 0.879 bits per heavy atom. The number of carbonyl (C=O) groups is 1. The van der Waals surface area contributed by atoms with Crippen molar-refractivity contribution in [2.24, 2.45) is 0 Å². The summed E-state index contributed by atoms with van der Waals surface area (Å²) in [5.74, 6) is 0.882. The predicted octanol–water partition coefficient (Wildman–Crippen LogP) is 4.91. The highest BCUT2D eigenvalue weighted by Gasteiger charge is 2.29. The van der Waals surface area contributed by atoms with E-state index in [9.17, 15) is 13.2 Å². The number of benzene rings is 3. The zero-order chi connectivity index (χ0) is 23.3. The van der Waals surface area contributed by atoms with Crippen LogP contribution in [0.25, 0.3) is 0 Å². The fourth-order valence-electron chi connectivity index (χ4n) is 3.73. The molecule has 1 aliphatic heterocycles. The number of nitrogens with zero attached hydrogens (tertiary/aromatic N) is 1. The molecule has 1 N–H and O–H groups in total. The van der Waals surface area contributed by atoms with Crippen LogP contribution in [0.5, 0.6) is 17.2 Å². The molecule has 0 aliphatic carbocycles. The molecule has 7 nitrogen and oxygen atoms in total. The van der Waals surface area contributed by atoms with Crippen molar-refractivity contribution in [1.29, 1.82) is 0 Å². The first-order chi connectivity index (χ1) is 16.0. The maximum Gasteiger partial charge on any atom is 0.255 e. The Morgan fingerprint density at radius 2 is 1.58 bits per heavy atom. The van der Waals surface area contributed by atoms with Crippen LogP contribution >= 0.6 is 0 Å². The lowest BCUT2D eigenvalue weighted by Crippen LogP contribution is -2.35. The molecule has 0 radical (unpaired) electrons. The summed E-state index contributed by atoms with van der Waals surface area (Å²) >= 11 is 0. The van der Waals surface area contributed by atoms with Crippen LogP contribution in [-0.2, 0) is 10.0 Å². The number of rotatable bonds is 7. The molecule has 1 fully saturated rings. The summed E-state index contributed by atoms with van der Waals surface area (Å²) in [5.41, 5.74) is 0.684. The number of amides is 1. The van der Waals surface area contributed by atoms with E-state index in [0.717, 1.165) is 19.3 Å². The van der Waals surface area contributed by atoms with Crippen LogP contribution in [0.4, 0.5) is 5.69 Å². The average Bonchev–Trinajstić information content (AvgIpc) is 2.86. The molecule has 1 heterocycles. The topological polar surface area (TPSA) is 84.9 Å². The Morgan fingerprint density at radius 3 is 2.30 bits per heavy atom. The average molecular weight is 467 g/mol. The van der Waals surface area contributed by atoms with E-state index in [4.69, 9.17) is 9.47 Å². The normalized spacial score (nSPS) is 14.5. The molecule has 0 bridgehead atoms. The largest absolute Gasteiger partial charge is 0.495 e. The molecule has 3 aromatic rings. The number of ether oxygens (including phenoxy) is 2. The van der Waals surface area contributed by atoms with E-state index in [0.29, 0.717) is 30.3 Å². The van der Waals surface area contributed by atoms with Crippen molar-refractivity contribution in [2.75, 3.05) is 25.5 Å². The number of piperidine rings is 1. The lowest BCUT2D eigenvalue weighted by Gasteiger charge is -2.26. The third-order valence-corrected chi connectivity index (χ3v) is 7.38. The van der Waals surface area contributed by atoms with Crippen LogP contribution in [-0.4, -0.2) is 38.8 Å². The molecule has 0 saturated carbocycles. The second-order valence-electron chi connectivity index (χ2n) is 7.70. The lowest BCUT2D eigenvalue weighted by molar-refractivity contribution is 0.102. The Balaban J connectivity index is 1.60. The maximum absolute atomic E-state index is 13.3. The van der Waals surface area contributed by atoms with Gasteiger partial charge >= 0.3 is 0 Å². The van der Waals surface area contributed by atoms with Gasteiger partial charge in [0, 0.05) is 18.7 Å². The second kappa shape index (κ2) is 10.1. The number of anilines is 1. The summed E-state index contributed by atoms with van der Waals surface area (Å²) in [6.45, 7) is 0.929. The minimum atomic E-state index is -3.78. The molecule has 33 heavy (non-hydrogen) atoms. The van der Waals surface area contributed by atoms with Gasteiger partial charge in [0.1, 0.15) is 16.4 Å². The number of carbonyl (C=O) groups excluding carboxylic acids is 1. The van der Waals surface area contributed by atoms with Gasteiger partial charge in [0.25, 0.3) is 5.91 Å². The van der Waals surface area contributed by atoms with E-state index in [2.05, 4.69) is 5.32 Å². The molecule has 172 valence electrons. The Hall–Kier alpha value is -3.36. The zero-order valence-corrected chi connectivity index (χ0v) is 19.2. The number of hydrogen-bond donors (Lipinski definition) is 1. The summed E-state index contributed by atoms with van der Waals surface area (Å²) in [7, 11) is -2.36. The van der Waals surface area contributed by atoms with Gasteiger partial charge in [-0.3, -0.25) is 4.79 Å². The van der Waals surface area contributed by atoms with Crippen molar-refractivity contribution in [1.82, 2.24) is 4.31 Å². The molecular formula is C25H26N2O5S. The number of nitrogens with one attached hydrogen (secondary N) is 1. The van der Waals surface area contributed by atoms with Crippen molar-refractivity contribution in [3.05, 3.63) is 78.4 Å². The second-order valence-corrected chi connectivity index (χ2v) is 9.60. The molecule has 1 aliphatic rings. The Bertz CT molecular complexity index is 1220. The summed E-state index contributed by atoms with van der Waals surface area (Å²) < 4.78 is 39.2. The monoisotopic (exact) mass is 466 g/mol. The van der Waals surface area contributed by atoms with Gasteiger partial charge in [-0.15, -0.1) is 0 Å². The first-order valence-corrected chi connectivity index (χ1v) is 12.2.